The molecule has 1 atom stereocenters. The maximum Gasteiger partial charge on any atom is 0.331 e. The number of thiophene rings is 1. The summed E-state index contributed by atoms with van der Waals surface area (Å²) in [6, 6.07) is 2.82. The average Bonchev–Trinajstić information content (AvgIpc) is 2.86. The number of carbonyl (C=O) groups excluding carboxylic acids is 3. The smallest absolute Gasteiger partial charge is 0.277 e. The number of urea groups is 1. The van der Waals surface area contributed by atoms with Crippen molar-refractivity contribution in [3.63, 3.8) is 0 Å². The molecule has 4 amide bonds. The third-order valence-corrected chi connectivity index (χ3v) is 4.30. The zero-order valence-electron chi connectivity index (χ0n) is 11.1. The third-order valence-electron chi connectivity index (χ3n) is 3.33. The molecule has 1 fully saturated rings. The highest BCUT2D eigenvalue weighted by atomic mass is 32.1. The zero-order chi connectivity index (χ0) is 14.2. The highest BCUT2D eigenvalue weighted by molar-refractivity contribution is 7.10. The van der Waals surface area contributed by atoms with E-state index in [-0.39, 0.29) is 6.04 Å². The van der Waals surface area contributed by atoms with Gasteiger partial charge in [-0.15, -0.1) is 11.3 Å². The van der Waals surface area contributed by atoms with Crippen LogP contribution in [0, 0.1) is 5.41 Å². The first-order valence-corrected chi connectivity index (χ1v) is 7.00. The van der Waals surface area contributed by atoms with E-state index in [2.05, 4.69) is 5.32 Å². The van der Waals surface area contributed by atoms with Gasteiger partial charge < -0.3 is 0 Å². The van der Waals surface area contributed by atoms with Crippen molar-refractivity contribution in [2.24, 2.45) is 5.41 Å². The molecule has 1 aromatic rings. The number of nitrogens with zero attached hydrogens (tertiary/aromatic N) is 1. The van der Waals surface area contributed by atoms with Gasteiger partial charge in [-0.05, 0) is 31.7 Å². The normalized spacial score (nSPS) is 20.4. The highest BCUT2D eigenvalue weighted by Gasteiger charge is 2.49. The van der Waals surface area contributed by atoms with Gasteiger partial charge in [-0.25, -0.2) is 4.79 Å². The van der Waals surface area contributed by atoms with Crippen molar-refractivity contribution in [3.8, 4) is 0 Å². The molecule has 1 aliphatic heterocycles. The predicted octanol–water partition coefficient (Wildman–Crippen LogP) is 2.30. The minimum Gasteiger partial charge on any atom is -0.277 e. The van der Waals surface area contributed by atoms with Crippen LogP contribution in [-0.2, 0) is 9.59 Å². The predicted molar refractivity (Wildman–Crippen MR) is 71.5 cm³/mol. The number of barbiturate groups is 1. The molecular formula is C13H16N2O3S. The van der Waals surface area contributed by atoms with Crippen molar-refractivity contribution in [2.75, 3.05) is 0 Å². The van der Waals surface area contributed by atoms with Crippen molar-refractivity contribution < 1.29 is 14.4 Å². The quantitative estimate of drug-likeness (QED) is 0.864. The van der Waals surface area contributed by atoms with E-state index in [1.807, 2.05) is 24.4 Å². The summed E-state index contributed by atoms with van der Waals surface area (Å²) in [5.74, 6) is -0.985. The number of amides is 4. The topological polar surface area (TPSA) is 66.5 Å². The summed E-state index contributed by atoms with van der Waals surface area (Å²) in [5.41, 5.74) is -1.21. The Hall–Kier alpha value is -1.69. The minimum atomic E-state index is -1.21. The van der Waals surface area contributed by atoms with Crippen molar-refractivity contribution in [2.45, 2.75) is 33.2 Å². The van der Waals surface area contributed by atoms with E-state index in [1.165, 1.54) is 30.1 Å². The molecule has 6 heteroatoms. The first-order chi connectivity index (χ1) is 8.89. The SMILES string of the molecule is CCC(c1cccs1)N1C(=O)NC(=O)C(C)(C)C1=O. The second kappa shape index (κ2) is 4.77. The van der Waals surface area contributed by atoms with Crippen LogP contribution < -0.4 is 5.32 Å². The molecule has 0 bridgehead atoms. The van der Waals surface area contributed by atoms with E-state index in [1.54, 1.807) is 0 Å². The van der Waals surface area contributed by atoms with E-state index in [0.29, 0.717) is 6.42 Å². The van der Waals surface area contributed by atoms with E-state index in [0.717, 1.165) is 4.88 Å². The van der Waals surface area contributed by atoms with Crippen LogP contribution in [-0.4, -0.2) is 22.7 Å². The van der Waals surface area contributed by atoms with Gasteiger partial charge in [-0.1, -0.05) is 13.0 Å². The highest BCUT2D eigenvalue weighted by Crippen LogP contribution is 2.34. The summed E-state index contributed by atoms with van der Waals surface area (Å²) in [6.45, 7) is 4.98. The molecule has 1 unspecified atom stereocenters. The first-order valence-electron chi connectivity index (χ1n) is 6.12. The molecule has 0 radical (unpaired) electrons. The van der Waals surface area contributed by atoms with Gasteiger partial charge in [0.15, 0.2) is 0 Å². The summed E-state index contributed by atoms with van der Waals surface area (Å²) in [6.07, 6.45) is 0.615. The summed E-state index contributed by atoms with van der Waals surface area (Å²) < 4.78 is 0. The molecule has 102 valence electrons. The summed E-state index contributed by atoms with van der Waals surface area (Å²) >= 11 is 1.50. The fourth-order valence-corrected chi connectivity index (χ4v) is 2.98. The molecule has 19 heavy (non-hydrogen) atoms. The Bertz CT molecular complexity index is 522. The summed E-state index contributed by atoms with van der Waals surface area (Å²) in [5, 5.41) is 4.16. The standard InChI is InChI=1S/C13H16N2O3S/c1-4-8(9-6-5-7-19-9)15-11(17)13(2,3)10(16)14-12(15)18/h5-8H,4H2,1-3H3,(H,14,16,18). The molecule has 0 aliphatic carbocycles. The zero-order valence-corrected chi connectivity index (χ0v) is 11.9. The lowest BCUT2D eigenvalue weighted by molar-refractivity contribution is -0.150. The molecule has 1 aromatic heterocycles. The second-order valence-electron chi connectivity index (χ2n) is 5.00. The van der Waals surface area contributed by atoms with Crippen LogP contribution in [0.5, 0.6) is 0 Å². The lowest BCUT2D eigenvalue weighted by Gasteiger charge is -2.38. The molecule has 2 rings (SSSR count). The maximum absolute atomic E-state index is 12.4. The fourth-order valence-electron chi connectivity index (χ4n) is 2.08. The molecule has 2 heterocycles. The largest absolute Gasteiger partial charge is 0.331 e. The van der Waals surface area contributed by atoms with Gasteiger partial charge >= 0.3 is 6.03 Å². The van der Waals surface area contributed by atoms with Crippen molar-refractivity contribution in [1.82, 2.24) is 10.2 Å². The number of hydrogen-bond acceptors (Lipinski definition) is 4. The molecular weight excluding hydrogens is 264 g/mol. The van der Waals surface area contributed by atoms with Crippen LogP contribution in [0.4, 0.5) is 4.79 Å². The van der Waals surface area contributed by atoms with E-state index >= 15 is 0 Å². The monoisotopic (exact) mass is 280 g/mol. The van der Waals surface area contributed by atoms with Crippen LogP contribution in [0.25, 0.3) is 0 Å². The Morgan fingerprint density at radius 3 is 2.58 bits per heavy atom. The van der Waals surface area contributed by atoms with Gasteiger partial charge in [0, 0.05) is 4.88 Å². The van der Waals surface area contributed by atoms with E-state index in [4.69, 9.17) is 0 Å². The minimum absolute atomic E-state index is 0.320. The Labute approximate surface area is 115 Å². The Morgan fingerprint density at radius 1 is 1.37 bits per heavy atom. The van der Waals surface area contributed by atoms with Crippen LogP contribution >= 0.6 is 11.3 Å². The van der Waals surface area contributed by atoms with Crippen molar-refractivity contribution >= 4 is 29.2 Å². The molecule has 1 saturated heterocycles. The van der Waals surface area contributed by atoms with E-state index < -0.39 is 23.3 Å². The van der Waals surface area contributed by atoms with Crippen LogP contribution in [0.1, 0.15) is 38.1 Å². The van der Waals surface area contributed by atoms with Crippen LogP contribution in [0.15, 0.2) is 17.5 Å². The lowest BCUT2D eigenvalue weighted by atomic mass is 9.88. The second-order valence-corrected chi connectivity index (χ2v) is 5.98. The van der Waals surface area contributed by atoms with Gasteiger partial charge in [-0.2, -0.15) is 0 Å². The Balaban J connectivity index is 2.39. The Kier molecular flexibility index (Phi) is 3.45. The summed E-state index contributed by atoms with van der Waals surface area (Å²) in [7, 11) is 0. The van der Waals surface area contributed by atoms with Gasteiger partial charge in [-0.3, -0.25) is 19.8 Å². The lowest BCUT2D eigenvalue weighted by Crippen LogP contribution is -2.62. The number of nitrogens with one attached hydrogen (secondary N) is 1. The van der Waals surface area contributed by atoms with Crippen molar-refractivity contribution in [3.05, 3.63) is 22.4 Å². The molecule has 5 nitrogen and oxygen atoms in total. The molecule has 0 aromatic carbocycles. The number of carbonyl (C=O) groups is 3. The summed E-state index contributed by atoms with van der Waals surface area (Å²) in [4.78, 5) is 38.2. The molecule has 0 spiro atoms. The van der Waals surface area contributed by atoms with Gasteiger partial charge in [0.05, 0.1) is 6.04 Å². The van der Waals surface area contributed by atoms with Gasteiger partial charge in [0.1, 0.15) is 5.41 Å². The molecule has 1 N–H and O–H groups in total. The molecule has 1 aliphatic rings. The average molecular weight is 280 g/mol. The molecule has 0 saturated carbocycles. The number of hydrogen-bond donors (Lipinski definition) is 1. The Morgan fingerprint density at radius 2 is 2.05 bits per heavy atom. The maximum atomic E-state index is 12.4. The van der Waals surface area contributed by atoms with E-state index in [9.17, 15) is 14.4 Å². The number of imide groups is 2. The number of rotatable bonds is 3. The van der Waals surface area contributed by atoms with Gasteiger partial charge in [0.2, 0.25) is 11.8 Å². The third kappa shape index (κ3) is 2.16. The fraction of sp³-hybridized carbons (Fsp3) is 0.462. The van der Waals surface area contributed by atoms with Crippen LogP contribution in [0.3, 0.4) is 0 Å². The van der Waals surface area contributed by atoms with Gasteiger partial charge in [0.25, 0.3) is 0 Å². The first kappa shape index (κ1) is 13.7. The van der Waals surface area contributed by atoms with Crippen molar-refractivity contribution in [1.29, 1.82) is 0 Å². The van der Waals surface area contributed by atoms with Crippen LogP contribution in [0.2, 0.25) is 0 Å².